The fourth-order valence-corrected chi connectivity index (χ4v) is 6.07. The minimum absolute atomic E-state index is 0.0306. The van der Waals surface area contributed by atoms with Gasteiger partial charge < -0.3 is 24.6 Å². The number of ether oxygens (including phenoxy) is 2. The molecule has 0 atom stereocenters. The van der Waals surface area contributed by atoms with E-state index < -0.39 is 14.9 Å². The Balaban J connectivity index is 1.27. The second-order valence-electron chi connectivity index (χ2n) is 9.38. The molecule has 0 spiro atoms. The van der Waals surface area contributed by atoms with E-state index in [0.29, 0.717) is 63.8 Å². The third-order valence-corrected chi connectivity index (χ3v) is 8.84. The number of hydrogen-bond acceptors (Lipinski definition) is 13. The maximum atomic E-state index is 13.1. The zero-order valence-electron chi connectivity index (χ0n) is 21.6. The normalized spacial score (nSPS) is 19.7. The lowest BCUT2D eigenvalue weighted by Crippen LogP contribution is -2.49. The van der Waals surface area contributed by atoms with Crippen molar-refractivity contribution >= 4 is 33.6 Å². The number of nitrogens with zero attached hydrogens (tertiary/aromatic N) is 8. The molecule has 3 fully saturated rings. The third kappa shape index (κ3) is 6.70. The molecule has 2 aromatic rings. The molecule has 1 aromatic heterocycles. The summed E-state index contributed by atoms with van der Waals surface area (Å²) < 4.78 is 38.5. The van der Waals surface area contributed by atoms with Gasteiger partial charge in [-0.2, -0.15) is 19.3 Å². The zero-order valence-corrected chi connectivity index (χ0v) is 22.5. The van der Waals surface area contributed by atoms with Gasteiger partial charge in [0.25, 0.3) is 5.69 Å². The van der Waals surface area contributed by atoms with E-state index in [9.17, 15) is 18.5 Å². The largest absolute Gasteiger partial charge is 0.379 e. The highest BCUT2D eigenvalue weighted by atomic mass is 32.2. The molecule has 39 heavy (non-hydrogen) atoms. The topological polar surface area (TPSA) is 159 Å². The molecule has 0 saturated carbocycles. The van der Waals surface area contributed by atoms with Crippen LogP contribution in [-0.2, 0) is 19.5 Å². The van der Waals surface area contributed by atoms with Crippen LogP contribution in [0.1, 0.15) is 0 Å². The molecule has 3 aliphatic heterocycles. The first-order valence-electron chi connectivity index (χ1n) is 13.0. The Hall–Kier alpha value is -3.18. The van der Waals surface area contributed by atoms with E-state index >= 15 is 0 Å². The number of morpholine rings is 2. The summed E-state index contributed by atoms with van der Waals surface area (Å²) in [6.07, 6.45) is 0. The molecule has 1 N–H and O–H groups in total. The lowest BCUT2D eigenvalue weighted by atomic mass is 10.3. The van der Waals surface area contributed by atoms with Gasteiger partial charge in [-0.3, -0.25) is 15.0 Å². The maximum Gasteiger partial charge on any atom is 0.269 e. The first-order valence-corrected chi connectivity index (χ1v) is 14.5. The van der Waals surface area contributed by atoms with Crippen molar-refractivity contribution in [2.45, 2.75) is 4.90 Å². The monoisotopic (exact) mass is 563 g/mol. The molecule has 5 rings (SSSR count). The number of aromatic nitrogens is 3. The van der Waals surface area contributed by atoms with Crippen LogP contribution in [-0.4, -0.2) is 129 Å². The fourth-order valence-electron chi connectivity index (χ4n) is 4.65. The molecule has 1 aromatic carbocycles. The minimum atomic E-state index is -3.78. The fraction of sp³-hybridized carbons (Fsp3) is 0.609. The number of anilines is 3. The van der Waals surface area contributed by atoms with Crippen LogP contribution in [0, 0.1) is 10.1 Å². The number of hydrogen-bond donors (Lipinski definition) is 1. The van der Waals surface area contributed by atoms with E-state index in [-0.39, 0.29) is 23.7 Å². The van der Waals surface area contributed by atoms with Crippen molar-refractivity contribution in [1.29, 1.82) is 0 Å². The van der Waals surface area contributed by atoms with Gasteiger partial charge in [-0.15, -0.1) is 0 Å². The molecule has 4 heterocycles. The number of nitrogens with one attached hydrogen (secondary N) is 1. The van der Waals surface area contributed by atoms with Gasteiger partial charge in [-0.1, -0.05) is 0 Å². The Morgan fingerprint density at radius 2 is 1.38 bits per heavy atom. The second-order valence-corrected chi connectivity index (χ2v) is 11.3. The summed E-state index contributed by atoms with van der Waals surface area (Å²) in [5, 5.41) is 14.3. The first-order chi connectivity index (χ1) is 18.9. The number of piperazine rings is 1. The summed E-state index contributed by atoms with van der Waals surface area (Å²) in [5.74, 6) is 1.54. The van der Waals surface area contributed by atoms with Crippen LogP contribution < -0.4 is 15.1 Å². The van der Waals surface area contributed by atoms with Crippen molar-refractivity contribution in [1.82, 2.24) is 24.2 Å². The number of nitro groups is 1. The molecule has 0 bridgehead atoms. The SMILES string of the molecule is O=[N+]([O-])c1ccc(S(=O)(=O)N2CCN(c3nc(NCCN4CCOCC4)nc(N4CCOCC4)n3)CC2)cc1. The molecular formula is C23H33N9O6S. The van der Waals surface area contributed by atoms with Crippen molar-refractivity contribution in [3.63, 3.8) is 0 Å². The number of rotatable bonds is 9. The number of nitro benzene ring substituents is 1. The molecule has 0 aliphatic carbocycles. The van der Waals surface area contributed by atoms with Crippen molar-refractivity contribution in [2.24, 2.45) is 0 Å². The molecule has 0 radical (unpaired) electrons. The summed E-state index contributed by atoms with van der Waals surface area (Å²) in [5.41, 5.74) is -0.154. The molecule has 3 saturated heterocycles. The van der Waals surface area contributed by atoms with Crippen LogP contribution in [0.5, 0.6) is 0 Å². The van der Waals surface area contributed by atoms with Gasteiger partial charge in [-0.25, -0.2) is 8.42 Å². The van der Waals surface area contributed by atoms with Crippen LogP contribution in [0.15, 0.2) is 29.2 Å². The van der Waals surface area contributed by atoms with Crippen LogP contribution in [0.2, 0.25) is 0 Å². The van der Waals surface area contributed by atoms with E-state index in [4.69, 9.17) is 14.5 Å². The number of benzene rings is 1. The van der Waals surface area contributed by atoms with Gasteiger partial charge in [0.1, 0.15) is 0 Å². The van der Waals surface area contributed by atoms with Gasteiger partial charge in [0, 0.05) is 77.6 Å². The van der Waals surface area contributed by atoms with Gasteiger partial charge in [-0.05, 0) is 12.1 Å². The molecule has 15 nitrogen and oxygen atoms in total. The van der Waals surface area contributed by atoms with E-state index in [1.54, 1.807) is 0 Å². The lowest BCUT2D eigenvalue weighted by Gasteiger charge is -2.34. The van der Waals surface area contributed by atoms with Gasteiger partial charge >= 0.3 is 0 Å². The minimum Gasteiger partial charge on any atom is -0.379 e. The smallest absolute Gasteiger partial charge is 0.269 e. The Morgan fingerprint density at radius 3 is 1.97 bits per heavy atom. The van der Waals surface area contributed by atoms with Crippen molar-refractivity contribution in [3.05, 3.63) is 34.4 Å². The summed E-state index contributed by atoms with van der Waals surface area (Å²) in [6.45, 7) is 8.60. The molecule has 3 aliphatic rings. The third-order valence-electron chi connectivity index (χ3n) is 6.93. The maximum absolute atomic E-state index is 13.1. The highest BCUT2D eigenvalue weighted by Gasteiger charge is 2.30. The first kappa shape index (κ1) is 27.4. The summed E-state index contributed by atoms with van der Waals surface area (Å²) in [4.78, 5) is 30.8. The highest BCUT2D eigenvalue weighted by molar-refractivity contribution is 7.89. The average Bonchev–Trinajstić information content (AvgIpc) is 2.98. The Bertz CT molecular complexity index is 1230. The van der Waals surface area contributed by atoms with Crippen LogP contribution in [0.25, 0.3) is 0 Å². The van der Waals surface area contributed by atoms with Gasteiger partial charge in [0.05, 0.1) is 36.2 Å². The lowest BCUT2D eigenvalue weighted by molar-refractivity contribution is -0.384. The molecule has 212 valence electrons. The van der Waals surface area contributed by atoms with E-state index in [1.165, 1.54) is 28.6 Å². The Kier molecular flexibility index (Phi) is 8.66. The molecular weight excluding hydrogens is 530 g/mol. The standard InChI is InChI=1S/C23H33N9O6S/c33-32(34)19-1-3-20(4-2-19)39(35,36)31-9-7-29(8-10-31)22-25-21(24-5-6-28-11-15-37-16-12-28)26-23(27-22)30-13-17-38-18-14-30/h1-4H,5-18H2,(H,24,25,26,27). The van der Waals surface area contributed by atoms with Crippen molar-refractivity contribution in [2.75, 3.05) is 107 Å². The zero-order chi connectivity index (χ0) is 27.2. The molecule has 16 heteroatoms. The van der Waals surface area contributed by atoms with Gasteiger partial charge in [0.2, 0.25) is 27.9 Å². The summed E-state index contributed by atoms with van der Waals surface area (Å²) in [7, 11) is -3.78. The Labute approximate surface area is 226 Å². The van der Waals surface area contributed by atoms with E-state index in [1.807, 2.05) is 4.90 Å². The van der Waals surface area contributed by atoms with Crippen LogP contribution in [0.3, 0.4) is 0 Å². The predicted octanol–water partition coefficient (Wildman–Crippen LogP) is -0.129. The average molecular weight is 564 g/mol. The number of non-ortho nitro benzene ring substituents is 1. The van der Waals surface area contributed by atoms with Crippen molar-refractivity contribution < 1.29 is 22.8 Å². The van der Waals surface area contributed by atoms with E-state index in [0.717, 1.165) is 32.8 Å². The quantitative estimate of drug-likeness (QED) is 0.318. The van der Waals surface area contributed by atoms with Crippen LogP contribution >= 0.6 is 0 Å². The number of sulfonamides is 1. The van der Waals surface area contributed by atoms with Gasteiger partial charge in [0.15, 0.2) is 0 Å². The molecule has 0 amide bonds. The summed E-state index contributed by atoms with van der Waals surface area (Å²) in [6, 6.07) is 4.95. The Morgan fingerprint density at radius 1 is 0.821 bits per heavy atom. The van der Waals surface area contributed by atoms with E-state index in [2.05, 4.69) is 25.1 Å². The predicted molar refractivity (Wildman–Crippen MR) is 143 cm³/mol. The molecule has 0 unspecified atom stereocenters. The second kappa shape index (κ2) is 12.3. The summed E-state index contributed by atoms with van der Waals surface area (Å²) >= 11 is 0. The highest BCUT2D eigenvalue weighted by Crippen LogP contribution is 2.23. The van der Waals surface area contributed by atoms with Crippen molar-refractivity contribution in [3.8, 4) is 0 Å². The van der Waals surface area contributed by atoms with Crippen LogP contribution in [0.4, 0.5) is 23.5 Å².